The first-order chi connectivity index (χ1) is 13.1. The molecule has 4 aromatic rings. The summed E-state index contributed by atoms with van der Waals surface area (Å²) in [5.74, 6) is 1.59. The van der Waals surface area contributed by atoms with E-state index < -0.39 is 0 Å². The van der Waals surface area contributed by atoms with Gasteiger partial charge in [-0.2, -0.15) is 0 Å². The predicted molar refractivity (Wildman–Crippen MR) is 99.0 cm³/mol. The molecular formula is C20H17N5O2. The zero-order chi connectivity index (χ0) is 18.8. The van der Waals surface area contributed by atoms with Crippen molar-refractivity contribution in [3.05, 3.63) is 78.0 Å². The van der Waals surface area contributed by atoms with Crippen LogP contribution in [0.3, 0.4) is 0 Å². The second kappa shape index (κ2) is 6.95. The number of pyridine rings is 2. The predicted octanol–water partition coefficient (Wildman–Crippen LogP) is 3.35. The number of aromatic nitrogens is 5. The van der Waals surface area contributed by atoms with Crippen molar-refractivity contribution in [3.8, 4) is 11.5 Å². The van der Waals surface area contributed by atoms with Gasteiger partial charge in [-0.3, -0.25) is 9.78 Å². The minimum Gasteiger partial charge on any atom is -0.453 e. The standard InChI is InChI=1S/C20H17N5O2/c1-13-4-3-5-15(24-13)8-19(26)18-9-16(12-25-7-6-21-20(18)25)27-17-10-22-14(2)23-11-17/h3-7,9-12H,8H2,1-2H3. The molecule has 7 nitrogen and oxygen atoms in total. The van der Waals surface area contributed by atoms with Crippen LogP contribution < -0.4 is 4.74 Å². The van der Waals surface area contributed by atoms with Gasteiger partial charge in [0, 0.05) is 23.8 Å². The number of hydrogen-bond acceptors (Lipinski definition) is 6. The molecule has 0 aliphatic heterocycles. The molecule has 0 aliphatic rings. The Balaban J connectivity index is 1.67. The molecule has 27 heavy (non-hydrogen) atoms. The van der Waals surface area contributed by atoms with Gasteiger partial charge in [0.2, 0.25) is 0 Å². The van der Waals surface area contributed by atoms with Crippen molar-refractivity contribution in [2.45, 2.75) is 20.3 Å². The van der Waals surface area contributed by atoms with E-state index in [1.54, 1.807) is 48.4 Å². The molecular weight excluding hydrogens is 342 g/mol. The number of nitrogens with zero attached hydrogens (tertiary/aromatic N) is 5. The van der Waals surface area contributed by atoms with E-state index in [2.05, 4.69) is 19.9 Å². The number of hydrogen-bond donors (Lipinski definition) is 0. The van der Waals surface area contributed by atoms with Crippen molar-refractivity contribution in [2.75, 3.05) is 0 Å². The van der Waals surface area contributed by atoms with Crippen LogP contribution in [0.2, 0.25) is 0 Å². The van der Waals surface area contributed by atoms with E-state index in [-0.39, 0.29) is 12.2 Å². The van der Waals surface area contributed by atoms with E-state index in [9.17, 15) is 4.79 Å². The van der Waals surface area contributed by atoms with Crippen LogP contribution in [0.1, 0.15) is 27.6 Å². The highest BCUT2D eigenvalue weighted by Crippen LogP contribution is 2.24. The van der Waals surface area contributed by atoms with Crippen molar-refractivity contribution in [3.63, 3.8) is 0 Å². The molecule has 134 valence electrons. The third-order valence-corrected chi connectivity index (χ3v) is 4.04. The second-order valence-corrected chi connectivity index (χ2v) is 6.19. The van der Waals surface area contributed by atoms with Gasteiger partial charge < -0.3 is 9.14 Å². The van der Waals surface area contributed by atoms with Crippen molar-refractivity contribution >= 4 is 11.4 Å². The highest BCUT2D eigenvalue weighted by atomic mass is 16.5. The van der Waals surface area contributed by atoms with Gasteiger partial charge in [0.15, 0.2) is 11.5 Å². The Labute approximate surface area is 155 Å². The zero-order valence-electron chi connectivity index (χ0n) is 15.0. The minimum atomic E-state index is -0.0742. The minimum absolute atomic E-state index is 0.0742. The van der Waals surface area contributed by atoms with E-state index >= 15 is 0 Å². The van der Waals surface area contributed by atoms with Crippen LogP contribution in [0, 0.1) is 13.8 Å². The Morgan fingerprint density at radius 1 is 1.11 bits per heavy atom. The number of rotatable bonds is 5. The maximum Gasteiger partial charge on any atom is 0.172 e. The molecule has 0 saturated carbocycles. The Hall–Kier alpha value is -3.61. The fraction of sp³-hybridized carbons (Fsp3) is 0.150. The molecule has 0 atom stereocenters. The van der Waals surface area contributed by atoms with Gasteiger partial charge in [-0.05, 0) is 32.0 Å². The third-order valence-electron chi connectivity index (χ3n) is 4.04. The topological polar surface area (TPSA) is 82.3 Å². The Bertz CT molecular complexity index is 1120. The lowest BCUT2D eigenvalue weighted by Crippen LogP contribution is -2.08. The average molecular weight is 359 g/mol. The molecule has 0 N–H and O–H groups in total. The Morgan fingerprint density at radius 3 is 2.70 bits per heavy atom. The summed E-state index contributed by atoms with van der Waals surface area (Å²) >= 11 is 0. The summed E-state index contributed by atoms with van der Waals surface area (Å²) < 4.78 is 7.59. The van der Waals surface area contributed by atoms with Crippen LogP contribution in [-0.2, 0) is 6.42 Å². The van der Waals surface area contributed by atoms with Gasteiger partial charge in [0.1, 0.15) is 17.2 Å². The van der Waals surface area contributed by atoms with Gasteiger partial charge in [-0.1, -0.05) is 6.07 Å². The molecule has 0 saturated heterocycles. The lowest BCUT2D eigenvalue weighted by Gasteiger charge is -2.09. The molecule has 0 amide bonds. The number of ketones is 1. The first-order valence-corrected chi connectivity index (χ1v) is 8.47. The summed E-state index contributed by atoms with van der Waals surface area (Å²) in [6.07, 6.45) is 8.58. The normalized spacial score (nSPS) is 10.9. The molecule has 0 unspecified atom stereocenters. The van der Waals surface area contributed by atoms with Crippen LogP contribution in [0.4, 0.5) is 0 Å². The van der Waals surface area contributed by atoms with E-state index in [4.69, 9.17) is 4.74 Å². The van der Waals surface area contributed by atoms with Crippen LogP contribution >= 0.6 is 0 Å². The molecule has 0 spiro atoms. The summed E-state index contributed by atoms with van der Waals surface area (Å²) in [7, 11) is 0. The number of imidazole rings is 1. The summed E-state index contributed by atoms with van der Waals surface area (Å²) in [5, 5.41) is 0. The monoisotopic (exact) mass is 359 g/mol. The quantitative estimate of drug-likeness (QED) is 0.508. The van der Waals surface area contributed by atoms with Gasteiger partial charge in [0.05, 0.1) is 30.6 Å². The van der Waals surface area contributed by atoms with E-state index in [1.165, 1.54) is 0 Å². The van der Waals surface area contributed by atoms with Crippen LogP contribution in [-0.4, -0.2) is 30.1 Å². The SMILES string of the molecule is Cc1cccc(CC(=O)c2cc(Oc3cnc(C)nc3)cn3ccnc23)n1. The molecule has 0 aromatic carbocycles. The fourth-order valence-electron chi connectivity index (χ4n) is 2.80. The highest BCUT2D eigenvalue weighted by Gasteiger charge is 2.16. The molecule has 0 bridgehead atoms. The number of Topliss-reactive ketones (excluding diaryl/α,β-unsaturated/α-hetero) is 1. The molecule has 4 aromatic heterocycles. The Kier molecular flexibility index (Phi) is 4.33. The Morgan fingerprint density at radius 2 is 1.93 bits per heavy atom. The van der Waals surface area contributed by atoms with Crippen molar-refractivity contribution in [1.82, 2.24) is 24.3 Å². The van der Waals surface area contributed by atoms with Crippen LogP contribution in [0.5, 0.6) is 11.5 Å². The average Bonchev–Trinajstić information content (AvgIpc) is 3.11. The molecule has 4 rings (SSSR count). The lowest BCUT2D eigenvalue weighted by molar-refractivity contribution is 0.0992. The van der Waals surface area contributed by atoms with Gasteiger partial charge >= 0.3 is 0 Å². The number of carbonyl (C=O) groups is 1. The summed E-state index contributed by atoms with van der Waals surface area (Å²) in [5.41, 5.74) is 2.67. The number of carbonyl (C=O) groups excluding carboxylic acids is 1. The van der Waals surface area contributed by atoms with Gasteiger partial charge in [0.25, 0.3) is 0 Å². The second-order valence-electron chi connectivity index (χ2n) is 6.19. The number of aryl methyl sites for hydroxylation is 2. The molecule has 0 radical (unpaired) electrons. The van der Waals surface area contributed by atoms with E-state index in [0.29, 0.717) is 28.5 Å². The molecule has 4 heterocycles. The van der Waals surface area contributed by atoms with Crippen molar-refractivity contribution < 1.29 is 9.53 Å². The number of ether oxygens (including phenoxy) is 1. The van der Waals surface area contributed by atoms with Crippen LogP contribution in [0.25, 0.3) is 5.65 Å². The zero-order valence-corrected chi connectivity index (χ0v) is 15.0. The van der Waals surface area contributed by atoms with E-state index in [1.807, 2.05) is 25.1 Å². The largest absolute Gasteiger partial charge is 0.453 e. The fourth-order valence-corrected chi connectivity index (χ4v) is 2.80. The lowest BCUT2D eigenvalue weighted by atomic mass is 10.1. The maximum atomic E-state index is 12.9. The summed E-state index contributed by atoms with van der Waals surface area (Å²) in [6, 6.07) is 7.34. The van der Waals surface area contributed by atoms with E-state index in [0.717, 1.165) is 11.4 Å². The van der Waals surface area contributed by atoms with Gasteiger partial charge in [-0.15, -0.1) is 0 Å². The van der Waals surface area contributed by atoms with Crippen LogP contribution in [0.15, 0.2) is 55.2 Å². The van der Waals surface area contributed by atoms with Crippen molar-refractivity contribution in [1.29, 1.82) is 0 Å². The molecule has 7 heteroatoms. The van der Waals surface area contributed by atoms with Crippen molar-refractivity contribution in [2.24, 2.45) is 0 Å². The first-order valence-electron chi connectivity index (χ1n) is 8.47. The third kappa shape index (κ3) is 3.67. The van der Waals surface area contributed by atoms with Gasteiger partial charge in [-0.25, -0.2) is 15.0 Å². The first kappa shape index (κ1) is 16.8. The summed E-state index contributed by atoms with van der Waals surface area (Å²) in [4.78, 5) is 29.9. The highest BCUT2D eigenvalue weighted by molar-refractivity contribution is 6.02. The number of fused-ring (bicyclic) bond motifs is 1. The smallest absolute Gasteiger partial charge is 0.172 e. The maximum absolute atomic E-state index is 12.9. The summed E-state index contributed by atoms with van der Waals surface area (Å²) in [6.45, 7) is 3.70. The molecule has 0 aliphatic carbocycles. The molecule has 0 fully saturated rings.